The highest BCUT2D eigenvalue weighted by Gasteiger charge is 2.33. The number of hydrogen-bond donors (Lipinski definition) is 5. The number of rotatable bonds is 20. The van der Waals surface area contributed by atoms with E-state index in [-0.39, 0.29) is 46.9 Å². The summed E-state index contributed by atoms with van der Waals surface area (Å²) in [6, 6.07) is 27.9. The van der Waals surface area contributed by atoms with Gasteiger partial charge in [0.05, 0.1) is 15.4 Å². The SMILES string of the molecule is CCCCCCNC1CCN(S(=O)(=O)c2ccc(CNC(=O)c3ccc[nH]c3=O)cc2)CC1.O=C(NCc1ccc(S(=O)(=O)N2CCC(NCCc3cccc(C(F)(F)F)c3)C2)cc1)c1ccc(Cl)cc1. The van der Waals surface area contributed by atoms with E-state index < -0.39 is 43.3 Å². The third-order valence-corrected chi connectivity index (χ3v) is 16.4. The average molecular weight is 1040 g/mol. The van der Waals surface area contributed by atoms with Gasteiger partial charge in [0.15, 0.2) is 0 Å². The fourth-order valence-electron chi connectivity index (χ4n) is 8.22. The van der Waals surface area contributed by atoms with Crippen molar-refractivity contribution < 1.29 is 39.6 Å². The summed E-state index contributed by atoms with van der Waals surface area (Å²) in [5.74, 6) is -0.738. The van der Waals surface area contributed by atoms with Crippen LogP contribution in [0.25, 0.3) is 0 Å². The van der Waals surface area contributed by atoms with Crippen LogP contribution < -0.4 is 26.8 Å². The molecule has 5 N–H and O–H groups in total. The van der Waals surface area contributed by atoms with E-state index in [0.717, 1.165) is 42.6 Å². The monoisotopic (exact) mass is 1040 g/mol. The van der Waals surface area contributed by atoms with Crippen molar-refractivity contribution in [2.24, 2.45) is 0 Å². The van der Waals surface area contributed by atoms with Crippen LogP contribution in [0.2, 0.25) is 5.02 Å². The second kappa shape index (κ2) is 25.8. The first-order valence-electron chi connectivity index (χ1n) is 23.7. The molecule has 2 fully saturated rings. The molecular formula is C51H61ClF3N7O7S2. The van der Waals surface area contributed by atoms with Crippen molar-refractivity contribution in [2.45, 2.75) is 99.4 Å². The number of piperidine rings is 1. The number of amides is 2. The first-order valence-corrected chi connectivity index (χ1v) is 27.0. The van der Waals surface area contributed by atoms with Crippen molar-refractivity contribution in [1.82, 2.24) is 34.9 Å². The Balaban J connectivity index is 0.000000235. The zero-order valence-corrected chi connectivity index (χ0v) is 41.9. The molecule has 0 radical (unpaired) electrons. The highest BCUT2D eigenvalue weighted by Crippen LogP contribution is 2.30. The Morgan fingerprint density at radius 1 is 0.676 bits per heavy atom. The second-order valence-electron chi connectivity index (χ2n) is 17.5. The summed E-state index contributed by atoms with van der Waals surface area (Å²) in [6.07, 6.45) is 4.61. The molecule has 14 nitrogen and oxygen atoms in total. The number of pyridine rings is 1. The molecule has 1 atom stereocenters. The third kappa shape index (κ3) is 16.0. The summed E-state index contributed by atoms with van der Waals surface area (Å²) in [5.41, 5.74) is 1.45. The Bertz CT molecular complexity index is 2810. The number of carbonyl (C=O) groups excluding carboxylic acids is 2. The van der Waals surface area contributed by atoms with E-state index in [1.165, 1.54) is 60.5 Å². The maximum absolute atomic E-state index is 13.1. The van der Waals surface area contributed by atoms with Crippen LogP contribution in [0.5, 0.6) is 0 Å². The summed E-state index contributed by atoms with van der Waals surface area (Å²) < 4.78 is 93.9. The average Bonchev–Trinajstić information content (AvgIpc) is 3.86. The number of H-pyrrole nitrogens is 1. The summed E-state index contributed by atoms with van der Waals surface area (Å²) in [4.78, 5) is 39.0. The predicted molar refractivity (Wildman–Crippen MR) is 268 cm³/mol. The molecule has 2 saturated heterocycles. The molecule has 4 aromatic carbocycles. The fraction of sp³-hybridized carbons (Fsp3) is 0.392. The molecule has 2 amide bonds. The number of benzene rings is 4. The van der Waals surface area contributed by atoms with Crippen LogP contribution in [0.4, 0.5) is 13.2 Å². The molecule has 0 spiro atoms. The normalized spacial score (nSPS) is 16.0. The van der Waals surface area contributed by atoms with Crippen LogP contribution in [0.1, 0.15) is 94.8 Å². The van der Waals surface area contributed by atoms with Gasteiger partial charge >= 0.3 is 6.18 Å². The van der Waals surface area contributed by atoms with E-state index in [9.17, 15) is 44.4 Å². The van der Waals surface area contributed by atoms with E-state index >= 15 is 0 Å². The van der Waals surface area contributed by atoms with E-state index in [0.29, 0.717) is 61.2 Å². The van der Waals surface area contributed by atoms with Gasteiger partial charge in [-0.15, -0.1) is 0 Å². The second-order valence-corrected chi connectivity index (χ2v) is 21.8. The van der Waals surface area contributed by atoms with E-state index in [1.807, 2.05) is 0 Å². The Kier molecular flexibility index (Phi) is 20.0. The lowest BCUT2D eigenvalue weighted by atomic mass is 10.1. The summed E-state index contributed by atoms with van der Waals surface area (Å²) in [5, 5.41) is 12.8. The number of carbonyl (C=O) groups is 2. The third-order valence-electron chi connectivity index (χ3n) is 12.4. The van der Waals surface area contributed by atoms with Gasteiger partial charge in [-0.25, -0.2) is 16.8 Å². The van der Waals surface area contributed by atoms with Crippen molar-refractivity contribution in [3.8, 4) is 0 Å². The molecule has 0 saturated carbocycles. The molecule has 1 aromatic heterocycles. The maximum Gasteiger partial charge on any atom is 0.416 e. The molecule has 0 bridgehead atoms. The van der Waals surface area contributed by atoms with Gasteiger partial charge in [0, 0.05) is 68.1 Å². The Labute approximate surface area is 418 Å². The van der Waals surface area contributed by atoms with Gasteiger partial charge in [-0.05, 0) is 129 Å². The van der Waals surface area contributed by atoms with E-state index in [2.05, 4.69) is 33.2 Å². The molecule has 71 heavy (non-hydrogen) atoms. The number of aromatic amines is 1. The lowest BCUT2D eigenvalue weighted by molar-refractivity contribution is -0.137. The lowest BCUT2D eigenvalue weighted by Crippen LogP contribution is -2.45. The summed E-state index contributed by atoms with van der Waals surface area (Å²) >= 11 is 5.84. The Morgan fingerprint density at radius 3 is 1.86 bits per heavy atom. The fourth-order valence-corrected chi connectivity index (χ4v) is 11.3. The number of hydrogen-bond acceptors (Lipinski definition) is 9. The molecule has 5 aromatic rings. The number of nitrogens with one attached hydrogen (secondary N) is 5. The number of halogens is 4. The summed E-state index contributed by atoms with van der Waals surface area (Å²) in [7, 11) is -7.24. The standard InChI is InChI=1S/C27H27ClF3N3O3S.C24H34N4O4S/c28-23-8-6-21(7-9-23)26(35)33-17-20-4-10-25(11-5-20)38(36,37)34-15-13-24(18-34)32-14-12-19-2-1-3-22(16-19)27(29,30)31;1-2-3-4-5-14-25-20-12-16-28(17-13-20)33(31,32)21-10-8-19(9-11-21)18-27-24(30)22-7-6-15-26-23(22)29/h1-11,16,24,32H,12-15,17-18H2,(H,33,35);6-11,15,20,25H,2-5,12-14,16-18H2,1H3,(H,26,29)(H,27,30). The maximum atomic E-state index is 13.1. The topological polar surface area (TPSA) is 190 Å². The van der Waals surface area contributed by atoms with E-state index in [4.69, 9.17) is 11.6 Å². The smallest absolute Gasteiger partial charge is 0.348 e. The Morgan fingerprint density at radius 2 is 1.25 bits per heavy atom. The van der Waals surface area contributed by atoms with Gasteiger partial charge in [0.2, 0.25) is 20.0 Å². The van der Waals surface area contributed by atoms with Gasteiger partial charge in [-0.3, -0.25) is 14.4 Å². The zero-order chi connectivity index (χ0) is 51.0. The van der Waals surface area contributed by atoms with Crippen LogP contribution in [-0.2, 0) is 45.7 Å². The number of sulfonamides is 2. The van der Waals surface area contributed by atoms with Crippen molar-refractivity contribution >= 4 is 43.5 Å². The van der Waals surface area contributed by atoms with Crippen molar-refractivity contribution in [3.63, 3.8) is 0 Å². The highest BCUT2D eigenvalue weighted by molar-refractivity contribution is 7.89. The first-order chi connectivity index (χ1) is 33.9. The van der Waals surface area contributed by atoms with Crippen LogP contribution in [0.3, 0.4) is 0 Å². The zero-order valence-electron chi connectivity index (χ0n) is 39.5. The van der Waals surface area contributed by atoms with Crippen LogP contribution in [0.15, 0.2) is 130 Å². The minimum absolute atomic E-state index is 0.0375. The molecule has 2 aliphatic heterocycles. The number of aromatic nitrogens is 1. The van der Waals surface area contributed by atoms with Crippen molar-refractivity contribution in [1.29, 1.82) is 0 Å². The van der Waals surface area contributed by atoms with Crippen molar-refractivity contribution in [2.75, 3.05) is 39.3 Å². The van der Waals surface area contributed by atoms with E-state index in [1.54, 1.807) is 77.1 Å². The van der Waals surface area contributed by atoms with Gasteiger partial charge in [0.1, 0.15) is 5.56 Å². The van der Waals surface area contributed by atoms with Gasteiger partial charge in [-0.2, -0.15) is 21.8 Å². The van der Waals surface area contributed by atoms with Gasteiger partial charge in [-0.1, -0.05) is 80.3 Å². The van der Waals surface area contributed by atoms with Crippen LogP contribution in [0, 0.1) is 0 Å². The molecule has 3 heterocycles. The number of unbranched alkanes of at least 4 members (excludes halogenated alkanes) is 3. The molecule has 1 unspecified atom stereocenters. The number of nitrogens with zero attached hydrogens (tertiary/aromatic N) is 2. The minimum Gasteiger partial charge on any atom is -0.348 e. The quantitative estimate of drug-likeness (QED) is 0.0492. The van der Waals surface area contributed by atoms with Crippen LogP contribution in [-0.4, -0.2) is 93.6 Å². The molecule has 7 rings (SSSR count). The predicted octanol–water partition coefficient (Wildman–Crippen LogP) is 7.51. The van der Waals surface area contributed by atoms with Gasteiger partial charge < -0.3 is 26.3 Å². The van der Waals surface area contributed by atoms with Crippen molar-refractivity contribution in [3.05, 3.63) is 164 Å². The largest absolute Gasteiger partial charge is 0.416 e. The summed E-state index contributed by atoms with van der Waals surface area (Å²) in [6.45, 7) is 5.73. The number of alkyl halides is 3. The highest BCUT2D eigenvalue weighted by atomic mass is 35.5. The molecule has 382 valence electrons. The first kappa shape index (κ1) is 54.9. The molecular weight excluding hydrogens is 979 g/mol. The lowest BCUT2D eigenvalue weighted by Gasteiger charge is -2.31. The molecule has 0 aliphatic carbocycles. The van der Waals surface area contributed by atoms with Crippen LogP contribution >= 0.6 is 11.6 Å². The molecule has 20 heteroatoms. The molecule has 2 aliphatic rings. The van der Waals surface area contributed by atoms with Gasteiger partial charge in [0.25, 0.3) is 17.4 Å². The minimum atomic E-state index is -4.38. The Hall–Kier alpha value is -5.41.